The molecule has 1 rings (SSSR count). The van der Waals surface area contributed by atoms with Crippen LogP contribution in [0, 0.1) is 0 Å². The Labute approximate surface area is 49.5 Å². The lowest BCUT2D eigenvalue weighted by molar-refractivity contribution is 0.393. The van der Waals surface area contributed by atoms with Crippen molar-refractivity contribution in [3.8, 4) is 0 Å². The van der Waals surface area contributed by atoms with Crippen LogP contribution in [0.1, 0.15) is 6.42 Å². The van der Waals surface area contributed by atoms with Gasteiger partial charge in [-0.15, -0.1) is 0 Å². The fourth-order valence-electron chi connectivity index (χ4n) is 0.739. The van der Waals surface area contributed by atoms with Gasteiger partial charge in [0.15, 0.2) is 0 Å². The number of hydrazone groups is 1. The zero-order valence-electron chi connectivity index (χ0n) is 5.09. The van der Waals surface area contributed by atoms with Gasteiger partial charge in [-0.3, -0.25) is 5.01 Å². The molecular formula is C6H10N2. The number of hydrogen-bond donors (Lipinski definition) is 0. The third kappa shape index (κ3) is 0.886. The van der Waals surface area contributed by atoms with Crippen molar-refractivity contribution in [2.45, 2.75) is 6.42 Å². The van der Waals surface area contributed by atoms with E-state index in [1.54, 1.807) is 0 Å². The molecule has 0 atom stereocenters. The van der Waals surface area contributed by atoms with Crippen LogP contribution in [0.5, 0.6) is 0 Å². The Morgan fingerprint density at radius 1 is 1.88 bits per heavy atom. The summed E-state index contributed by atoms with van der Waals surface area (Å²) in [6, 6.07) is 0. The van der Waals surface area contributed by atoms with Crippen LogP contribution >= 0.6 is 0 Å². The molecule has 44 valence electrons. The zero-order valence-corrected chi connectivity index (χ0v) is 5.09. The van der Waals surface area contributed by atoms with E-state index in [0.717, 1.165) is 18.7 Å². The van der Waals surface area contributed by atoms with Gasteiger partial charge in [0.25, 0.3) is 0 Å². The van der Waals surface area contributed by atoms with Gasteiger partial charge in [-0.1, -0.05) is 6.58 Å². The molecule has 2 heteroatoms. The molecular weight excluding hydrogens is 100 g/mol. The topological polar surface area (TPSA) is 15.6 Å². The normalized spacial score (nSPS) is 18.6. The first-order chi connectivity index (χ1) is 3.83. The second-order valence-electron chi connectivity index (χ2n) is 1.93. The van der Waals surface area contributed by atoms with Crippen molar-refractivity contribution in [3.63, 3.8) is 0 Å². The SMILES string of the molecule is C=CC1=NN(C)CC1. The lowest BCUT2D eigenvalue weighted by atomic mass is 10.3. The predicted octanol–water partition coefficient (Wildman–Crippen LogP) is 0.864. The number of allylic oxidation sites excluding steroid dienone is 1. The number of nitrogens with zero attached hydrogens (tertiary/aromatic N) is 2. The van der Waals surface area contributed by atoms with Crippen molar-refractivity contribution < 1.29 is 0 Å². The molecule has 1 aliphatic rings. The van der Waals surface area contributed by atoms with Crippen LogP contribution in [0.2, 0.25) is 0 Å². The molecule has 0 N–H and O–H groups in total. The molecule has 0 amide bonds. The minimum atomic E-state index is 1.04. The summed E-state index contributed by atoms with van der Waals surface area (Å²) in [5.74, 6) is 0. The minimum absolute atomic E-state index is 1.04. The standard InChI is InChI=1S/C6H10N2/c1-3-6-4-5-8(2)7-6/h3H,1,4-5H2,2H3. The first kappa shape index (κ1) is 5.35. The molecule has 0 saturated heterocycles. The van der Waals surface area contributed by atoms with E-state index >= 15 is 0 Å². The average molecular weight is 110 g/mol. The van der Waals surface area contributed by atoms with Gasteiger partial charge in [-0.05, 0) is 6.08 Å². The van der Waals surface area contributed by atoms with Crippen molar-refractivity contribution in [2.24, 2.45) is 5.10 Å². The van der Waals surface area contributed by atoms with Gasteiger partial charge >= 0.3 is 0 Å². The first-order valence-corrected chi connectivity index (χ1v) is 2.74. The molecule has 1 heterocycles. The van der Waals surface area contributed by atoms with E-state index in [1.807, 2.05) is 18.1 Å². The maximum atomic E-state index is 4.14. The van der Waals surface area contributed by atoms with Gasteiger partial charge in [0.05, 0.1) is 5.71 Å². The van der Waals surface area contributed by atoms with Gasteiger partial charge in [-0.25, -0.2) is 0 Å². The molecule has 0 spiro atoms. The molecule has 0 saturated carbocycles. The molecule has 0 aromatic carbocycles. The Morgan fingerprint density at radius 3 is 2.88 bits per heavy atom. The lowest BCUT2D eigenvalue weighted by Gasteiger charge is -2.00. The van der Waals surface area contributed by atoms with Crippen LogP contribution in [0.25, 0.3) is 0 Å². The molecule has 0 bridgehead atoms. The predicted molar refractivity (Wildman–Crippen MR) is 34.9 cm³/mol. The van der Waals surface area contributed by atoms with Gasteiger partial charge in [0.2, 0.25) is 0 Å². The summed E-state index contributed by atoms with van der Waals surface area (Å²) in [5.41, 5.74) is 1.10. The third-order valence-corrected chi connectivity index (χ3v) is 1.23. The molecule has 8 heavy (non-hydrogen) atoms. The van der Waals surface area contributed by atoms with E-state index in [9.17, 15) is 0 Å². The van der Waals surface area contributed by atoms with E-state index in [-0.39, 0.29) is 0 Å². The van der Waals surface area contributed by atoms with Crippen LogP contribution < -0.4 is 0 Å². The van der Waals surface area contributed by atoms with Crippen molar-refractivity contribution >= 4 is 5.71 Å². The summed E-state index contributed by atoms with van der Waals surface area (Å²) in [5, 5.41) is 6.07. The first-order valence-electron chi connectivity index (χ1n) is 2.74. The maximum Gasteiger partial charge on any atom is 0.0617 e. The van der Waals surface area contributed by atoms with Crippen molar-refractivity contribution in [2.75, 3.05) is 13.6 Å². The molecule has 0 aromatic rings. The molecule has 2 nitrogen and oxygen atoms in total. The molecule has 0 aliphatic carbocycles. The average Bonchev–Trinajstić information content (AvgIpc) is 2.14. The Balaban J connectivity index is 2.56. The summed E-state index contributed by atoms with van der Waals surface area (Å²) < 4.78 is 0. The minimum Gasteiger partial charge on any atom is -0.299 e. The largest absolute Gasteiger partial charge is 0.299 e. The van der Waals surface area contributed by atoms with Gasteiger partial charge in [0, 0.05) is 20.0 Å². The maximum absolute atomic E-state index is 4.14. The number of hydrogen-bond acceptors (Lipinski definition) is 2. The van der Waals surface area contributed by atoms with Crippen LogP contribution in [0.15, 0.2) is 17.8 Å². The van der Waals surface area contributed by atoms with Crippen LogP contribution in [0.3, 0.4) is 0 Å². The van der Waals surface area contributed by atoms with E-state index < -0.39 is 0 Å². The van der Waals surface area contributed by atoms with Gasteiger partial charge in [-0.2, -0.15) is 5.10 Å². The Kier molecular flexibility index (Phi) is 1.33. The fourth-order valence-corrected chi connectivity index (χ4v) is 0.739. The summed E-state index contributed by atoms with van der Waals surface area (Å²) >= 11 is 0. The quantitative estimate of drug-likeness (QED) is 0.489. The highest BCUT2D eigenvalue weighted by Crippen LogP contribution is 2.01. The Morgan fingerprint density at radius 2 is 2.62 bits per heavy atom. The fraction of sp³-hybridized carbons (Fsp3) is 0.500. The Hall–Kier alpha value is -0.790. The van der Waals surface area contributed by atoms with Crippen molar-refractivity contribution in [1.29, 1.82) is 0 Å². The van der Waals surface area contributed by atoms with Crippen LogP contribution in [-0.4, -0.2) is 24.3 Å². The van der Waals surface area contributed by atoms with E-state index in [2.05, 4.69) is 11.7 Å². The summed E-state index contributed by atoms with van der Waals surface area (Å²) in [4.78, 5) is 0. The highest BCUT2D eigenvalue weighted by molar-refractivity contribution is 5.95. The van der Waals surface area contributed by atoms with Gasteiger partial charge < -0.3 is 0 Å². The van der Waals surface area contributed by atoms with E-state index in [4.69, 9.17) is 0 Å². The Bertz CT molecular complexity index is 126. The lowest BCUT2D eigenvalue weighted by Crippen LogP contribution is -2.04. The second-order valence-corrected chi connectivity index (χ2v) is 1.93. The highest BCUT2D eigenvalue weighted by atomic mass is 15.4. The summed E-state index contributed by atoms with van der Waals surface area (Å²) in [6.07, 6.45) is 2.86. The molecule has 1 aliphatic heterocycles. The monoisotopic (exact) mass is 110 g/mol. The molecule has 0 radical (unpaired) electrons. The van der Waals surface area contributed by atoms with Crippen molar-refractivity contribution in [3.05, 3.63) is 12.7 Å². The zero-order chi connectivity index (χ0) is 5.98. The van der Waals surface area contributed by atoms with E-state index in [0.29, 0.717) is 0 Å². The van der Waals surface area contributed by atoms with Gasteiger partial charge in [0.1, 0.15) is 0 Å². The van der Waals surface area contributed by atoms with Crippen molar-refractivity contribution in [1.82, 2.24) is 5.01 Å². The summed E-state index contributed by atoms with van der Waals surface area (Å²) in [6.45, 7) is 4.66. The van der Waals surface area contributed by atoms with Crippen LogP contribution in [-0.2, 0) is 0 Å². The smallest absolute Gasteiger partial charge is 0.0617 e. The molecule has 0 aromatic heterocycles. The molecule has 0 unspecified atom stereocenters. The highest BCUT2D eigenvalue weighted by Gasteiger charge is 2.05. The van der Waals surface area contributed by atoms with Crippen LogP contribution in [0.4, 0.5) is 0 Å². The molecule has 0 fully saturated rings. The van der Waals surface area contributed by atoms with E-state index in [1.165, 1.54) is 0 Å². The third-order valence-electron chi connectivity index (χ3n) is 1.23. The second kappa shape index (κ2) is 1.99. The number of rotatable bonds is 1. The summed E-state index contributed by atoms with van der Waals surface area (Å²) in [7, 11) is 1.97.